The van der Waals surface area contributed by atoms with E-state index in [0.717, 1.165) is 103 Å². The number of nitrogens with one attached hydrogen (secondary N) is 1. The predicted octanol–water partition coefficient (Wildman–Crippen LogP) is 11.4. The summed E-state index contributed by atoms with van der Waals surface area (Å²) in [6.07, 6.45) is 28.8. The molecule has 2 aliphatic carbocycles. The van der Waals surface area contributed by atoms with Crippen LogP contribution in [0.25, 0.3) is 0 Å². The SMILES string of the molecule is CCCCC/C=C\CCOC(=O)CCCCC(=O)OCC(COC(=O)CCCCC(=O)OCC/C=C\CCCCC)(COC(=O)CCC(CCCCCC)OC(=O)NCCN1CCCC1)COC(=O)C1CC2CC2C1. The number of hydrogen-bond acceptors (Lipinski definition) is 15. The van der Waals surface area contributed by atoms with E-state index in [0.29, 0.717) is 76.5 Å². The smallest absolute Gasteiger partial charge is 0.407 e. The first kappa shape index (κ1) is 64.8. The molecule has 1 aliphatic heterocycles. The van der Waals surface area contributed by atoms with Crippen molar-refractivity contribution < 1.29 is 66.7 Å². The summed E-state index contributed by atoms with van der Waals surface area (Å²) in [6, 6.07) is 0. The van der Waals surface area contributed by atoms with E-state index in [2.05, 4.69) is 43.1 Å². The summed E-state index contributed by atoms with van der Waals surface area (Å²) in [5.41, 5.74) is -1.47. The van der Waals surface area contributed by atoms with E-state index in [9.17, 15) is 33.6 Å². The molecule has 0 bridgehead atoms. The minimum Gasteiger partial charge on any atom is -0.465 e. The number of rotatable bonds is 45. The number of alkyl carbamates (subject to hydrolysis) is 1. The molecule has 0 aromatic heterocycles. The van der Waals surface area contributed by atoms with Crippen molar-refractivity contribution in [3.8, 4) is 0 Å². The number of allylic oxidation sites excluding steroid dienone is 2. The highest BCUT2D eigenvalue weighted by molar-refractivity contribution is 5.74. The van der Waals surface area contributed by atoms with Crippen LogP contribution in [0.15, 0.2) is 24.3 Å². The third-order valence-electron chi connectivity index (χ3n) is 14.3. The molecule has 1 saturated heterocycles. The molecule has 16 nitrogen and oxygen atoms in total. The van der Waals surface area contributed by atoms with Crippen molar-refractivity contribution in [3.63, 3.8) is 0 Å². The van der Waals surface area contributed by atoms with Crippen molar-refractivity contribution in [2.24, 2.45) is 23.2 Å². The molecule has 2 saturated carbocycles. The topological polar surface area (TPSA) is 199 Å². The molecule has 0 spiro atoms. The lowest BCUT2D eigenvalue weighted by molar-refractivity contribution is -0.172. The number of carbonyl (C=O) groups excluding carboxylic acids is 7. The Morgan fingerprint density at radius 2 is 0.960 bits per heavy atom. The first-order valence-electron chi connectivity index (χ1n) is 29.4. The molecule has 3 atom stereocenters. The highest BCUT2D eigenvalue weighted by atomic mass is 16.6. The van der Waals surface area contributed by atoms with Crippen LogP contribution in [0, 0.1) is 23.2 Å². The van der Waals surface area contributed by atoms with Crippen LogP contribution in [0.4, 0.5) is 4.79 Å². The van der Waals surface area contributed by atoms with Gasteiger partial charge in [0, 0.05) is 45.2 Å². The van der Waals surface area contributed by atoms with Gasteiger partial charge < -0.3 is 43.4 Å². The summed E-state index contributed by atoms with van der Waals surface area (Å²) in [4.78, 5) is 93.5. The van der Waals surface area contributed by atoms with Gasteiger partial charge in [-0.25, -0.2) is 4.79 Å². The summed E-state index contributed by atoms with van der Waals surface area (Å²) < 4.78 is 39.9. The molecule has 0 radical (unpaired) electrons. The number of fused-ring (bicyclic) bond motifs is 1. The summed E-state index contributed by atoms with van der Waals surface area (Å²) in [5, 5.41) is 2.86. The Morgan fingerprint density at radius 1 is 0.507 bits per heavy atom. The summed E-state index contributed by atoms with van der Waals surface area (Å²) in [6.45, 7) is 8.72. The molecule has 3 fully saturated rings. The van der Waals surface area contributed by atoms with Gasteiger partial charge in [-0.1, -0.05) is 90.0 Å². The molecule has 3 rings (SSSR count). The van der Waals surface area contributed by atoms with Gasteiger partial charge in [-0.15, -0.1) is 0 Å². The highest BCUT2D eigenvalue weighted by Gasteiger charge is 2.49. The van der Waals surface area contributed by atoms with Gasteiger partial charge >= 0.3 is 41.9 Å². The normalized spacial score (nSPS) is 17.6. The second-order valence-corrected chi connectivity index (χ2v) is 21.3. The number of unbranched alkanes of at least 4 members (excludes halogenated alkanes) is 11. The zero-order chi connectivity index (χ0) is 54.2. The van der Waals surface area contributed by atoms with Crippen molar-refractivity contribution in [3.05, 3.63) is 24.3 Å². The minimum atomic E-state index is -1.47. The Labute approximate surface area is 450 Å². The molecule has 3 unspecified atom stereocenters. The van der Waals surface area contributed by atoms with Crippen LogP contribution < -0.4 is 5.32 Å². The van der Waals surface area contributed by atoms with Crippen LogP contribution >= 0.6 is 0 Å². The van der Waals surface area contributed by atoms with E-state index in [1.165, 1.54) is 25.7 Å². The van der Waals surface area contributed by atoms with Crippen LogP contribution in [0.2, 0.25) is 0 Å². The molecule has 16 heteroatoms. The highest BCUT2D eigenvalue weighted by Crippen LogP contribution is 2.54. The molecule has 0 aromatic rings. The van der Waals surface area contributed by atoms with Crippen molar-refractivity contribution in [1.82, 2.24) is 10.2 Å². The van der Waals surface area contributed by atoms with Gasteiger partial charge in [-0.2, -0.15) is 0 Å². The lowest BCUT2D eigenvalue weighted by atomic mass is 9.91. The molecule has 0 aromatic carbocycles. The van der Waals surface area contributed by atoms with Crippen molar-refractivity contribution in [2.45, 2.75) is 219 Å². The minimum absolute atomic E-state index is 0.0161. The average molecular weight is 1060 g/mol. The molecule has 428 valence electrons. The van der Waals surface area contributed by atoms with Gasteiger partial charge in [0.2, 0.25) is 0 Å². The molecule has 75 heavy (non-hydrogen) atoms. The number of esters is 6. The Morgan fingerprint density at radius 3 is 1.47 bits per heavy atom. The molecule has 1 amide bonds. The van der Waals surface area contributed by atoms with E-state index < -0.39 is 61.3 Å². The van der Waals surface area contributed by atoms with Crippen LogP contribution in [0.5, 0.6) is 0 Å². The number of nitrogens with zero attached hydrogens (tertiary/aromatic N) is 1. The first-order valence-corrected chi connectivity index (χ1v) is 29.4. The van der Waals surface area contributed by atoms with Gasteiger partial charge in [0.15, 0.2) is 0 Å². The second kappa shape index (κ2) is 40.7. The fourth-order valence-corrected chi connectivity index (χ4v) is 9.47. The number of ether oxygens (including phenoxy) is 7. The quantitative estimate of drug-likeness (QED) is 0.0261. The fourth-order valence-electron chi connectivity index (χ4n) is 9.47. The van der Waals surface area contributed by atoms with Gasteiger partial charge in [0.1, 0.15) is 37.9 Å². The Kier molecular flexibility index (Phi) is 35.2. The monoisotopic (exact) mass is 1060 g/mol. The van der Waals surface area contributed by atoms with Gasteiger partial charge in [0.25, 0.3) is 0 Å². The summed E-state index contributed by atoms with van der Waals surface area (Å²) in [7, 11) is 0. The van der Waals surface area contributed by atoms with E-state index in [-0.39, 0.29) is 63.0 Å². The lowest BCUT2D eigenvalue weighted by Gasteiger charge is -2.32. The van der Waals surface area contributed by atoms with Crippen molar-refractivity contribution >= 4 is 41.9 Å². The second-order valence-electron chi connectivity index (χ2n) is 21.3. The zero-order valence-corrected chi connectivity index (χ0v) is 46.6. The maximum absolute atomic E-state index is 13.6. The Bertz CT molecular complexity index is 1620. The molecular weight excluding hydrogens is 961 g/mol. The summed E-state index contributed by atoms with van der Waals surface area (Å²) in [5.74, 6) is -2.10. The third-order valence-corrected chi connectivity index (χ3v) is 14.3. The first-order chi connectivity index (χ1) is 36.4. The molecular formula is C59H98N2O14. The van der Waals surface area contributed by atoms with Gasteiger partial charge in [0.05, 0.1) is 19.1 Å². The lowest BCUT2D eigenvalue weighted by Crippen LogP contribution is -2.44. The molecule has 1 heterocycles. The Balaban J connectivity index is 1.63. The van der Waals surface area contributed by atoms with E-state index in [1.807, 2.05) is 12.2 Å². The average Bonchev–Trinajstić information content (AvgIpc) is 3.69. The number of amides is 1. The molecule has 1 N–H and O–H groups in total. The van der Waals surface area contributed by atoms with Crippen molar-refractivity contribution in [1.29, 1.82) is 0 Å². The largest absolute Gasteiger partial charge is 0.465 e. The maximum Gasteiger partial charge on any atom is 0.407 e. The van der Waals surface area contributed by atoms with Crippen LogP contribution in [-0.4, -0.2) is 119 Å². The van der Waals surface area contributed by atoms with Gasteiger partial charge in [-0.05, 0) is 141 Å². The zero-order valence-electron chi connectivity index (χ0n) is 46.6. The fraction of sp³-hybridized carbons (Fsp3) is 0.814. The van der Waals surface area contributed by atoms with E-state index >= 15 is 0 Å². The van der Waals surface area contributed by atoms with Crippen LogP contribution in [-0.2, 0) is 61.9 Å². The number of hydrogen-bond donors (Lipinski definition) is 1. The van der Waals surface area contributed by atoms with Crippen LogP contribution in [0.3, 0.4) is 0 Å². The molecule has 3 aliphatic rings. The summed E-state index contributed by atoms with van der Waals surface area (Å²) >= 11 is 0. The number of carbonyl (C=O) groups is 7. The van der Waals surface area contributed by atoms with Crippen LogP contribution in [0.1, 0.15) is 213 Å². The standard InChI is InChI=1S/C59H98N2O14/c1-4-7-10-13-15-17-26-39-69-52(62)29-20-22-31-54(64)71-44-59(47-74-57(67)50-42-48-41-49(48)43-50,45-72-55(65)32-23-21-30-53(63)70-40-27-18-16-14-11-8-5-2)46-73-56(66)34-33-51(28-19-12-9-6-3)75-58(68)60-35-38-61-36-24-25-37-61/h15-18,48-51H,4-14,19-47H2,1-3H3,(H,60,68)/b17-15-,18-16-. The number of likely N-dealkylation sites (tertiary alicyclic amines) is 1. The maximum atomic E-state index is 13.6. The van der Waals surface area contributed by atoms with Crippen molar-refractivity contribution in [2.75, 3.05) is 65.8 Å². The Hall–Kier alpha value is -4.47. The predicted molar refractivity (Wildman–Crippen MR) is 287 cm³/mol. The van der Waals surface area contributed by atoms with E-state index in [4.69, 9.17) is 33.2 Å². The third kappa shape index (κ3) is 32.0. The van der Waals surface area contributed by atoms with E-state index in [1.54, 1.807) is 0 Å². The van der Waals surface area contributed by atoms with Gasteiger partial charge in [-0.3, -0.25) is 28.8 Å².